The minimum absolute atomic E-state index is 0.0757. The number of ether oxygens (including phenoxy) is 2. The highest BCUT2D eigenvalue weighted by Gasteiger charge is 2.66. The van der Waals surface area contributed by atoms with Gasteiger partial charge in [-0.25, -0.2) is 4.99 Å². The van der Waals surface area contributed by atoms with Gasteiger partial charge in [-0.1, -0.05) is 12.1 Å². The molecular formula is C25H26N4O3. The molecule has 2 aromatic carbocycles. The standard InChI is InChI=1S/C25H26N4O3/c1-29-22(30)25(28-23(29)27)21-13-20(32-19-5-3-4-16(12-19)15-26)7-6-17(21)14-24(25)10-8-18(31-2)9-11-24/h3-7,12-13,18H,8-11,14H2,1-2H3,(H2,27,28). The Balaban J connectivity index is 1.58. The van der Waals surface area contributed by atoms with Crippen molar-refractivity contribution >= 4 is 11.9 Å². The third-order valence-electron chi connectivity index (χ3n) is 7.43. The Morgan fingerprint density at radius 1 is 1.19 bits per heavy atom. The van der Waals surface area contributed by atoms with E-state index in [1.807, 2.05) is 24.3 Å². The second-order valence-corrected chi connectivity index (χ2v) is 9.00. The highest BCUT2D eigenvalue weighted by atomic mass is 16.5. The molecule has 0 bridgehead atoms. The fraction of sp³-hybridized carbons (Fsp3) is 0.400. The lowest BCUT2D eigenvalue weighted by Crippen LogP contribution is -2.51. The van der Waals surface area contributed by atoms with Crippen LogP contribution in [0.4, 0.5) is 0 Å². The van der Waals surface area contributed by atoms with Gasteiger partial charge in [0.1, 0.15) is 11.5 Å². The van der Waals surface area contributed by atoms with Crippen LogP contribution in [-0.2, 0) is 21.5 Å². The predicted molar refractivity (Wildman–Crippen MR) is 119 cm³/mol. The van der Waals surface area contributed by atoms with Crippen molar-refractivity contribution in [1.29, 1.82) is 5.26 Å². The summed E-state index contributed by atoms with van der Waals surface area (Å²) in [5.74, 6) is 1.36. The summed E-state index contributed by atoms with van der Waals surface area (Å²) < 4.78 is 11.7. The Morgan fingerprint density at radius 3 is 2.59 bits per heavy atom. The summed E-state index contributed by atoms with van der Waals surface area (Å²) >= 11 is 0. The van der Waals surface area contributed by atoms with Gasteiger partial charge in [-0.2, -0.15) is 5.26 Å². The van der Waals surface area contributed by atoms with Crippen LogP contribution in [0.15, 0.2) is 47.5 Å². The van der Waals surface area contributed by atoms with Crippen molar-refractivity contribution in [3.05, 3.63) is 59.2 Å². The number of rotatable bonds is 3. The van der Waals surface area contributed by atoms with Crippen molar-refractivity contribution in [2.45, 2.75) is 43.7 Å². The van der Waals surface area contributed by atoms with Crippen molar-refractivity contribution in [2.75, 3.05) is 14.2 Å². The number of carbonyl (C=O) groups is 1. The van der Waals surface area contributed by atoms with Crippen LogP contribution in [-0.4, -0.2) is 37.0 Å². The van der Waals surface area contributed by atoms with Gasteiger partial charge in [0.2, 0.25) is 0 Å². The molecule has 5 rings (SSSR count). The van der Waals surface area contributed by atoms with Gasteiger partial charge in [0.15, 0.2) is 11.5 Å². The molecule has 0 radical (unpaired) electrons. The monoisotopic (exact) mass is 430 g/mol. The maximum Gasteiger partial charge on any atom is 0.262 e. The zero-order valence-corrected chi connectivity index (χ0v) is 18.3. The van der Waals surface area contributed by atoms with Crippen molar-refractivity contribution < 1.29 is 14.3 Å². The van der Waals surface area contributed by atoms with E-state index in [1.54, 1.807) is 32.4 Å². The molecule has 164 valence electrons. The molecule has 1 amide bonds. The first-order chi connectivity index (χ1) is 15.4. The van der Waals surface area contributed by atoms with E-state index in [0.717, 1.165) is 43.2 Å². The van der Waals surface area contributed by atoms with E-state index in [-0.39, 0.29) is 23.4 Å². The maximum absolute atomic E-state index is 13.7. The van der Waals surface area contributed by atoms with Gasteiger partial charge >= 0.3 is 0 Å². The molecule has 1 fully saturated rings. The number of nitrogens with zero attached hydrogens (tertiary/aromatic N) is 3. The fourth-order valence-electron chi connectivity index (χ4n) is 5.73. The minimum atomic E-state index is -1.03. The van der Waals surface area contributed by atoms with Crippen LogP contribution in [0.3, 0.4) is 0 Å². The molecule has 7 heteroatoms. The number of likely N-dealkylation sites (N-methyl/N-ethyl adjacent to an activating group) is 1. The number of nitriles is 1. The zero-order valence-electron chi connectivity index (χ0n) is 18.3. The normalized spacial score (nSPS) is 28.7. The maximum atomic E-state index is 13.7. The number of hydrogen-bond acceptors (Lipinski definition) is 6. The Morgan fingerprint density at radius 2 is 1.94 bits per heavy atom. The minimum Gasteiger partial charge on any atom is -0.457 e. The summed E-state index contributed by atoms with van der Waals surface area (Å²) in [5.41, 5.74) is 7.34. The van der Waals surface area contributed by atoms with E-state index < -0.39 is 5.54 Å². The number of nitrogens with two attached hydrogens (primary N) is 1. The summed E-state index contributed by atoms with van der Waals surface area (Å²) in [7, 11) is 3.44. The summed E-state index contributed by atoms with van der Waals surface area (Å²) in [5, 5.41) is 9.17. The number of amides is 1. The molecule has 2 spiro atoms. The molecule has 7 nitrogen and oxygen atoms in total. The summed E-state index contributed by atoms with van der Waals surface area (Å²) in [6.45, 7) is 0. The lowest BCUT2D eigenvalue weighted by Gasteiger charge is -2.45. The molecule has 1 saturated carbocycles. The third kappa shape index (κ3) is 2.83. The van der Waals surface area contributed by atoms with Crippen molar-refractivity contribution in [2.24, 2.45) is 16.1 Å². The zero-order chi connectivity index (χ0) is 22.5. The number of guanidine groups is 1. The van der Waals surface area contributed by atoms with Crippen molar-refractivity contribution in [3.63, 3.8) is 0 Å². The Bertz CT molecular complexity index is 1160. The van der Waals surface area contributed by atoms with Gasteiger partial charge in [0.05, 0.1) is 17.7 Å². The summed E-state index contributed by atoms with van der Waals surface area (Å²) in [4.78, 5) is 20.0. The highest BCUT2D eigenvalue weighted by molar-refractivity contribution is 6.08. The molecule has 1 aliphatic heterocycles. The predicted octanol–water partition coefficient (Wildman–Crippen LogP) is 3.46. The molecule has 0 aromatic heterocycles. The smallest absolute Gasteiger partial charge is 0.262 e. The van der Waals surface area contributed by atoms with Crippen LogP contribution in [0.1, 0.15) is 42.4 Å². The van der Waals surface area contributed by atoms with Crippen LogP contribution in [0.2, 0.25) is 0 Å². The van der Waals surface area contributed by atoms with Gasteiger partial charge in [-0.3, -0.25) is 9.69 Å². The van der Waals surface area contributed by atoms with Crippen LogP contribution < -0.4 is 10.5 Å². The van der Waals surface area contributed by atoms with Gasteiger partial charge in [-0.05, 0) is 73.6 Å². The lowest BCUT2D eigenvalue weighted by molar-refractivity contribution is -0.137. The van der Waals surface area contributed by atoms with Gasteiger partial charge in [0, 0.05) is 19.6 Å². The molecule has 32 heavy (non-hydrogen) atoms. The first-order valence-electron chi connectivity index (χ1n) is 10.9. The lowest BCUT2D eigenvalue weighted by atomic mass is 9.61. The van der Waals surface area contributed by atoms with E-state index in [1.165, 1.54) is 4.90 Å². The fourth-order valence-corrected chi connectivity index (χ4v) is 5.73. The number of hydrogen-bond donors (Lipinski definition) is 1. The van der Waals surface area contributed by atoms with E-state index >= 15 is 0 Å². The third-order valence-corrected chi connectivity index (χ3v) is 7.43. The van der Waals surface area contributed by atoms with E-state index in [2.05, 4.69) is 6.07 Å². The molecular weight excluding hydrogens is 404 g/mol. The van der Waals surface area contributed by atoms with Crippen LogP contribution in [0, 0.1) is 16.7 Å². The molecule has 1 heterocycles. The van der Waals surface area contributed by atoms with Gasteiger partial charge in [-0.15, -0.1) is 0 Å². The molecule has 1 unspecified atom stereocenters. The highest BCUT2D eigenvalue weighted by Crippen LogP contribution is 2.62. The van der Waals surface area contributed by atoms with E-state index in [4.69, 9.17) is 25.5 Å². The number of fused-ring (bicyclic) bond motifs is 3. The molecule has 2 aromatic rings. The van der Waals surface area contributed by atoms with Crippen molar-refractivity contribution in [1.82, 2.24) is 4.90 Å². The number of aliphatic imine (C=N–C) groups is 1. The van der Waals surface area contributed by atoms with Gasteiger partial charge in [0.25, 0.3) is 5.91 Å². The van der Waals surface area contributed by atoms with Crippen LogP contribution in [0.5, 0.6) is 11.5 Å². The largest absolute Gasteiger partial charge is 0.457 e. The molecule has 3 aliphatic rings. The number of carbonyl (C=O) groups excluding carboxylic acids is 1. The number of methoxy groups -OCH3 is 1. The molecule has 2 aliphatic carbocycles. The second kappa shape index (κ2) is 7.35. The Kier molecular flexibility index (Phi) is 4.72. The summed E-state index contributed by atoms with van der Waals surface area (Å²) in [6.07, 6.45) is 4.46. The molecule has 2 N–H and O–H groups in total. The number of benzene rings is 2. The summed E-state index contributed by atoms with van der Waals surface area (Å²) in [6, 6.07) is 15.0. The first-order valence-corrected chi connectivity index (χ1v) is 10.9. The molecule has 1 atom stereocenters. The quantitative estimate of drug-likeness (QED) is 0.804. The second-order valence-electron chi connectivity index (χ2n) is 9.00. The van der Waals surface area contributed by atoms with Crippen molar-refractivity contribution in [3.8, 4) is 17.6 Å². The van der Waals surface area contributed by atoms with Gasteiger partial charge < -0.3 is 15.2 Å². The Labute approximate surface area is 187 Å². The first kappa shape index (κ1) is 20.5. The van der Waals surface area contributed by atoms with Crippen LogP contribution in [0.25, 0.3) is 0 Å². The van der Waals surface area contributed by atoms with Crippen LogP contribution >= 0.6 is 0 Å². The SMILES string of the molecule is COC1CCC2(CC1)Cc1ccc(Oc3cccc(C#N)c3)cc1C21N=C(N)N(C)C1=O. The van der Waals surface area contributed by atoms with E-state index in [0.29, 0.717) is 17.1 Å². The topological polar surface area (TPSA) is 101 Å². The average molecular weight is 431 g/mol. The Hall–Kier alpha value is -3.37. The molecule has 0 saturated heterocycles. The average Bonchev–Trinajstić information content (AvgIpc) is 3.21. The van der Waals surface area contributed by atoms with E-state index in [9.17, 15) is 4.79 Å².